The Kier molecular flexibility index (Phi) is 3.53. The molecule has 6 heavy (non-hydrogen) atoms. The van der Waals surface area contributed by atoms with Crippen LogP contribution in [0.15, 0.2) is 0 Å². The van der Waals surface area contributed by atoms with E-state index in [1.54, 1.807) is 0 Å². The molecular weight excluding hydrogens is 88.1 g/mol. The molecule has 0 aliphatic rings. The largest absolute Gasteiger partial charge is 0.0635 e. The second-order valence-corrected chi connectivity index (χ2v) is 2.43. The predicted octanol–water partition coefficient (Wildman–Crippen LogP) is 1.62. The zero-order valence-electron chi connectivity index (χ0n) is 4.49. The Morgan fingerprint density at radius 2 is 2.00 bits per heavy atom. The van der Waals surface area contributed by atoms with Crippen LogP contribution in [0.5, 0.6) is 0 Å². The Hall–Kier alpha value is 0.217. The first-order valence-electron chi connectivity index (χ1n) is 2.42. The van der Waals surface area contributed by atoms with E-state index in [0.717, 1.165) is 12.0 Å². The van der Waals surface area contributed by atoms with Crippen LogP contribution in [0.25, 0.3) is 0 Å². The molecule has 0 rings (SSSR count). The van der Waals surface area contributed by atoms with Crippen molar-refractivity contribution in [3.05, 3.63) is 0 Å². The van der Waals surface area contributed by atoms with Gasteiger partial charge in [0.1, 0.15) is 0 Å². The summed E-state index contributed by atoms with van der Waals surface area (Å²) in [6.45, 7) is 4.44. The topological polar surface area (TPSA) is 0 Å². The smallest absolute Gasteiger partial charge is 0.0222 e. The maximum Gasteiger partial charge on any atom is 0.0222 e. The molecule has 0 aliphatic carbocycles. The van der Waals surface area contributed by atoms with Crippen molar-refractivity contribution in [1.82, 2.24) is 0 Å². The van der Waals surface area contributed by atoms with E-state index in [-0.39, 0.29) is 0 Å². The van der Waals surface area contributed by atoms with Crippen LogP contribution in [0, 0.1) is 5.92 Å². The van der Waals surface area contributed by atoms with E-state index < -0.39 is 0 Å². The standard InChI is InChI=1S/C5H11Si/c1-5(2)3-4-6/h5H,3-4H2,1-2H3. The molecule has 0 N–H and O–H groups in total. The minimum atomic E-state index is 0.850. The summed E-state index contributed by atoms with van der Waals surface area (Å²) >= 11 is 0. The lowest BCUT2D eigenvalue weighted by Crippen LogP contribution is -1.83. The van der Waals surface area contributed by atoms with Gasteiger partial charge in [0.05, 0.1) is 0 Å². The average molecular weight is 99.2 g/mol. The molecule has 0 aromatic rings. The van der Waals surface area contributed by atoms with Crippen molar-refractivity contribution in [1.29, 1.82) is 0 Å². The average Bonchev–Trinajstić information content (AvgIpc) is 1.35. The summed E-state index contributed by atoms with van der Waals surface area (Å²) < 4.78 is 0. The first kappa shape index (κ1) is 6.22. The molecule has 0 fully saturated rings. The Morgan fingerprint density at radius 1 is 1.50 bits per heavy atom. The molecule has 0 bridgehead atoms. The summed E-state index contributed by atoms with van der Waals surface area (Å²) in [5.74, 6) is 0.850. The maximum atomic E-state index is 3.39. The highest BCUT2D eigenvalue weighted by Gasteiger charge is 1.85. The van der Waals surface area contributed by atoms with E-state index >= 15 is 0 Å². The highest BCUT2D eigenvalue weighted by atomic mass is 28.1. The lowest BCUT2D eigenvalue weighted by molar-refractivity contribution is 0.626. The number of rotatable bonds is 2. The van der Waals surface area contributed by atoms with E-state index in [0.29, 0.717) is 0 Å². The van der Waals surface area contributed by atoms with Gasteiger partial charge < -0.3 is 0 Å². The van der Waals surface area contributed by atoms with Gasteiger partial charge in [0.15, 0.2) is 0 Å². The van der Waals surface area contributed by atoms with Gasteiger partial charge in [-0.15, -0.1) is 0 Å². The molecule has 0 saturated heterocycles. The molecule has 0 saturated carbocycles. The molecule has 0 aromatic carbocycles. The summed E-state index contributed by atoms with van der Waals surface area (Å²) in [4.78, 5) is 0. The molecular formula is C5H11Si. The minimum Gasteiger partial charge on any atom is -0.0635 e. The quantitative estimate of drug-likeness (QED) is 0.461. The molecule has 0 atom stereocenters. The van der Waals surface area contributed by atoms with Crippen molar-refractivity contribution in [2.45, 2.75) is 26.3 Å². The van der Waals surface area contributed by atoms with Gasteiger partial charge >= 0.3 is 0 Å². The van der Waals surface area contributed by atoms with Crippen molar-refractivity contribution in [2.24, 2.45) is 5.92 Å². The van der Waals surface area contributed by atoms with E-state index in [1.165, 1.54) is 6.42 Å². The molecule has 1 heteroatoms. The van der Waals surface area contributed by atoms with Crippen LogP contribution in [0.1, 0.15) is 20.3 Å². The van der Waals surface area contributed by atoms with Crippen molar-refractivity contribution < 1.29 is 0 Å². The van der Waals surface area contributed by atoms with E-state index in [2.05, 4.69) is 24.1 Å². The van der Waals surface area contributed by atoms with E-state index in [4.69, 9.17) is 0 Å². The summed E-state index contributed by atoms with van der Waals surface area (Å²) in [7, 11) is 3.39. The molecule has 0 unspecified atom stereocenters. The molecule has 0 spiro atoms. The molecule has 35 valence electrons. The Labute approximate surface area is 43.4 Å². The molecule has 0 heterocycles. The second-order valence-electron chi connectivity index (χ2n) is 1.93. The maximum absolute atomic E-state index is 3.39. The molecule has 3 radical (unpaired) electrons. The summed E-state index contributed by atoms with van der Waals surface area (Å²) in [6, 6.07) is 1.14. The normalized spacial score (nSPS) is 10.0. The van der Waals surface area contributed by atoms with Crippen LogP contribution in [0.4, 0.5) is 0 Å². The fourth-order valence-electron chi connectivity index (χ4n) is 0.289. The third kappa shape index (κ3) is 4.22. The van der Waals surface area contributed by atoms with Crippen molar-refractivity contribution in [3.63, 3.8) is 0 Å². The minimum absolute atomic E-state index is 0.850. The fraction of sp³-hybridized carbons (Fsp3) is 1.00. The SMILES string of the molecule is CC(C)CC[Si]. The molecule has 0 aromatic heterocycles. The number of hydrogen-bond donors (Lipinski definition) is 0. The highest BCUT2D eigenvalue weighted by molar-refractivity contribution is 6.08. The van der Waals surface area contributed by atoms with Crippen LogP contribution in [-0.2, 0) is 0 Å². The van der Waals surface area contributed by atoms with Gasteiger partial charge in [0, 0.05) is 10.2 Å². The Bertz CT molecular complexity index is 25.1. The summed E-state index contributed by atoms with van der Waals surface area (Å²) in [5.41, 5.74) is 0. The van der Waals surface area contributed by atoms with Gasteiger partial charge in [0.25, 0.3) is 0 Å². The third-order valence-electron chi connectivity index (χ3n) is 0.722. The van der Waals surface area contributed by atoms with Gasteiger partial charge in [0.2, 0.25) is 0 Å². The van der Waals surface area contributed by atoms with Crippen LogP contribution >= 0.6 is 0 Å². The van der Waals surface area contributed by atoms with Crippen molar-refractivity contribution in [2.75, 3.05) is 0 Å². The monoisotopic (exact) mass is 99.1 g/mol. The zero-order chi connectivity index (χ0) is 4.99. The van der Waals surface area contributed by atoms with Gasteiger partial charge in [-0.25, -0.2) is 0 Å². The van der Waals surface area contributed by atoms with Crippen molar-refractivity contribution in [3.8, 4) is 0 Å². The molecule has 0 amide bonds. The Balaban J connectivity index is 2.63. The third-order valence-corrected chi connectivity index (χ3v) is 1.01. The van der Waals surface area contributed by atoms with Crippen molar-refractivity contribution >= 4 is 10.2 Å². The van der Waals surface area contributed by atoms with Gasteiger partial charge in [-0.05, 0) is 5.92 Å². The first-order valence-corrected chi connectivity index (χ1v) is 3.12. The van der Waals surface area contributed by atoms with E-state index in [9.17, 15) is 0 Å². The molecule has 0 nitrogen and oxygen atoms in total. The lowest BCUT2D eigenvalue weighted by atomic mass is 10.2. The van der Waals surface area contributed by atoms with Gasteiger partial charge in [-0.1, -0.05) is 26.3 Å². The summed E-state index contributed by atoms with van der Waals surface area (Å²) in [6.07, 6.45) is 1.29. The van der Waals surface area contributed by atoms with Crippen LogP contribution < -0.4 is 0 Å². The summed E-state index contributed by atoms with van der Waals surface area (Å²) in [5, 5.41) is 0. The van der Waals surface area contributed by atoms with E-state index in [1.807, 2.05) is 0 Å². The van der Waals surface area contributed by atoms with Gasteiger partial charge in [-0.3, -0.25) is 0 Å². The first-order chi connectivity index (χ1) is 2.77. The van der Waals surface area contributed by atoms with Gasteiger partial charge in [-0.2, -0.15) is 0 Å². The number of hydrogen-bond acceptors (Lipinski definition) is 0. The van der Waals surface area contributed by atoms with Crippen LogP contribution in [0.2, 0.25) is 6.04 Å². The zero-order valence-corrected chi connectivity index (χ0v) is 5.49. The van der Waals surface area contributed by atoms with Crippen LogP contribution in [-0.4, -0.2) is 10.2 Å². The van der Waals surface area contributed by atoms with Crippen LogP contribution in [0.3, 0.4) is 0 Å². The highest BCUT2D eigenvalue weighted by Crippen LogP contribution is 1.99. The predicted molar refractivity (Wildman–Crippen MR) is 30.0 cm³/mol. The second kappa shape index (κ2) is 3.41. The molecule has 0 aliphatic heterocycles. The Morgan fingerprint density at radius 3 is 2.00 bits per heavy atom. The lowest BCUT2D eigenvalue weighted by Gasteiger charge is -1.95. The fourth-order valence-corrected chi connectivity index (χ4v) is 0.866.